The first kappa shape index (κ1) is 15.2. The molecule has 0 aromatic heterocycles. The van der Waals surface area contributed by atoms with Crippen molar-refractivity contribution in [2.45, 2.75) is 36.0 Å². The molecule has 2 rings (SSSR count). The first-order valence-corrected chi connectivity index (χ1v) is 8.02. The second kappa shape index (κ2) is 6.49. The summed E-state index contributed by atoms with van der Waals surface area (Å²) in [5, 5.41) is 3.06. The second-order valence-corrected chi connectivity index (χ2v) is 6.57. The third kappa shape index (κ3) is 3.46. The van der Waals surface area contributed by atoms with Gasteiger partial charge in [0.05, 0.1) is 10.6 Å². The molecule has 0 radical (unpaired) electrons. The standard InChI is InChI=1S/C13H17F2NO3S/c14-13(15)20(17,18)12-6-2-1-5-11(12)16-10-4-3-8-19-9-7-10/h1-2,5-6,10,13,16H,3-4,7-9H2. The molecule has 1 N–H and O–H groups in total. The molecule has 1 saturated heterocycles. The molecule has 1 aromatic carbocycles. The molecule has 0 amide bonds. The van der Waals surface area contributed by atoms with E-state index in [0.717, 1.165) is 19.3 Å². The molecular formula is C13H17F2NO3S. The van der Waals surface area contributed by atoms with Crippen LogP contribution in [-0.4, -0.2) is 33.4 Å². The minimum Gasteiger partial charge on any atom is -0.381 e. The molecule has 1 heterocycles. The van der Waals surface area contributed by atoms with Crippen molar-refractivity contribution < 1.29 is 21.9 Å². The maximum Gasteiger partial charge on any atom is 0.341 e. The van der Waals surface area contributed by atoms with Crippen molar-refractivity contribution in [1.29, 1.82) is 0 Å². The van der Waals surface area contributed by atoms with E-state index < -0.39 is 15.6 Å². The number of nitrogens with one attached hydrogen (secondary N) is 1. The molecule has 20 heavy (non-hydrogen) atoms. The molecule has 1 aliphatic heterocycles. The van der Waals surface area contributed by atoms with Crippen LogP contribution in [-0.2, 0) is 14.6 Å². The lowest BCUT2D eigenvalue weighted by Crippen LogP contribution is -2.22. The van der Waals surface area contributed by atoms with Crippen molar-refractivity contribution in [1.82, 2.24) is 0 Å². The Bertz CT molecular complexity index is 540. The van der Waals surface area contributed by atoms with Crippen LogP contribution in [0.2, 0.25) is 0 Å². The summed E-state index contributed by atoms with van der Waals surface area (Å²) in [5.41, 5.74) is 0.236. The summed E-state index contributed by atoms with van der Waals surface area (Å²) in [6, 6.07) is 5.82. The molecule has 7 heteroatoms. The van der Waals surface area contributed by atoms with Crippen LogP contribution in [0.15, 0.2) is 29.2 Å². The monoisotopic (exact) mass is 305 g/mol. The lowest BCUT2D eigenvalue weighted by atomic mass is 10.1. The van der Waals surface area contributed by atoms with E-state index in [1.165, 1.54) is 18.2 Å². The SMILES string of the molecule is O=S(=O)(c1ccccc1NC1CCCOCC1)C(F)F. The van der Waals surface area contributed by atoms with Gasteiger partial charge in [0.15, 0.2) is 0 Å². The maximum atomic E-state index is 12.7. The van der Waals surface area contributed by atoms with Gasteiger partial charge in [-0.15, -0.1) is 0 Å². The Morgan fingerprint density at radius 2 is 1.95 bits per heavy atom. The second-order valence-electron chi connectivity index (χ2n) is 4.69. The lowest BCUT2D eigenvalue weighted by molar-refractivity contribution is 0.144. The predicted octanol–water partition coefficient (Wildman–Crippen LogP) is 2.66. The van der Waals surface area contributed by atoms with Gasteiger partial charge >= 0.3 is 5.76 Å². The number of para-hydroxylation sites is 1. The van der Waals surface area contributed by atoms with Gasteiger partial charge in [-0.2, -0.15) is 8.78 Å². The molecule has 0 bridgehead atoms. The number of ether oxygens (including phenoxy) is 1. The predicted molar refractivity (Wildman–Crippen MR) is 71.7 cm³/mol. The van der Waals surface area contributed by atoms with E-state index in [-0.39, 0.29) is 16.6 Å². The number of anilines is 1. The molecule has 112 valence electrons. The largest absolute Gasteiger partial charge is 0.381 e. The van der Waals surface area contributed by atoms with E-state index in [9.17, 15) is 17.2 Å². The fourth-order valence-electron chi connectivity index (χ4n) is 2.20. The van der Waals surface area contributed by atoms with E-state index in [0.29, 0.717) is 13.2 Å². The van der Waals surface area contributed by atoms with Crippen LogP contribution in [0.3, 0.4) is 0 Å². The number of benzene rings is 1. The molecule has 4 nitrogen and oxygen atoms in total. The van der Waals surface area contributed by atoms with Gasteiger partial charge in [-0.05, 0) is 31.4 Å². The smallest absolute Gasteiger partial charge is 0.341 e. The van der Waals surface area contributed by atoms with E-state index in [4.69, 9.17) is 4.74 Å². The Kier molecular flexibility index (Phi) is 4.93. The van der Waals surface area contributed by atoms with Crippen LogP contribution in [0, 0.1) is 0 Å². The average Bonchev–Trinajstić information content (AvgIpc) is 2.67. The summed E-state index contributed by atoms with van der Waals surface area (Å²) in [6.45, 7) is 1.26. The molecule has 1 unspecified atom stereocenters. The minimum absolute atomic E-state index is 0.0338. The van der Waals surface area contributed by atoms with Crippen molar-refractivity contribution >= 4 is 15.5 Å². The molecule has 1 fully saturated rings. The summed E-state index contributed by atoms with van der Waals surface area (Å²) in [4.78, 5) is -0.347. The highest BCUT2D eigenvalue weighted by Gasteiger charge is 2.29. The lowest BCUT2D eigenvalue weighted by Gasteiger charge is -2.19. The highest BCUT2D eigenvalue weighted by molar-refractivity contribution is 7.91. The molecule has 0 spiro atoms. The zero-order valence-corrected chi connectivity index (χ0v) is 11.7. The van der Waals surface area contributed by atoms with Crippen LogP contribution >= 0.6 is 0 Å². The minimum atomic E-state index is -4.59. The summed E-state index contributed by atoms with van der Waals surface area (Å²) in [6.07, 6.45) is 2.41. The van der Waals surface area contributed by atoms with Gasteiger partial charge in [-0.3, -0.25) is 0 Å². The van der Waals surface area contributed by atoms with Crippen LogP contribution in [0.5, 0.6) is 0 Å². The number of alkyl halides is 2. The number of sulfone groups is 1. The maximum absolute atomic E-state index is 12.7. The number of halogens is 2. The molecule has 1 aliphatic rings. The number of hydrogen-bond acceptors (Lipinski definition) is 4. The summed E-state index contributed by atoms with van der Waals surface area (Å²) < 4.78 is 54.0. The highest BCUT2D eigenvalue weighted by Crippen LogP contribution is 2.27. The fourth-order valence-corrected chi connectivity index (χ4v) is 3.09. The zero-order chi connectivity index (χ0) is 14.6. The van der Waals surface area contributed by atoms with Crippen LogP contribution in [0.1, 0.15) is 19.3 Å². The molecule has 0 saturated carbocycles. The third-order valence-corrected chi connectivity index (χ3v) is 4.68. The first-order valence-electron chi connectivity index (χ1n) is 6.47. The van der Waals surface area contributed by atoms with E-state index >= 15 is 0 Å². The van der Waals surface area contributed by atoms with Crippen molar-refractivity contribution in [3.63, 3.8) is 0 Å². The first-order chi connectivity index (χ1) is 9.51. The summed E-state index contributed by atoms with van der Waals surface area (Å²) in [7, 11) is -4.59. The average molecular weight is 305 g/mol. The molecule has 0 aliphatic carbocycles. The topological polar surface area (TPSA) is 55.4 Å². The van der Waals surface area contributed by atoms with Crippen molar-refractivity contribution in [2.75, 3.05) is 18.5 Å². The number of rotatable bonds is 4. The Balaban J connectivity index is 2.24. The van der Waals surface area contributed by atoms with Crippen LogP contribution in [0.4, 0.5) is 14.5 Å². The van der Waals surface area contributed by atoms with Crippen molar-refractivity contribution in [2.24, 2.45) is 0 Å². The van der Waals surface area contributed by atoms with Crippen molar-refractivity contribution in [3.05, 3.63) is 24.3 Å². The highest BCUT2D eigenvalue weighted by atomic mass is 32.2. The quantitative estimate of drug-likeness (QED) is 0.929. The van der Waals surface area contributed by atoms with E-state index in [1.54, 1.807) is 6.07 Å². The normalized spacial score (nSPS) is 20.6. The van der Waals surface area contributed by atoms with Gasteiger partial charge in [0.25, 0.3) is 0 Å². The molecular weight excluding hydrogens is 288 g/mol. The van der Waals surface area contributed by atoms with Gasteiger partial charge in [-0.1, -0.05) is 12.1 Å². The van der Waals surface area contributed by atoms with Crippen LogP contribution in [0.25, 0.3) is 0 Å². The van der Waals surface area contributed by atoms with Gasteiger partial charge in [0.1, 0.15) is 0 Å². The van der Waals surface area contributed by atoms with Gasteiger partial charge in [-0.25, -0.2) is 8.42 Å². The summed E-state index contributed by atoms with van der Waals surface area (Å²) in [5.74, 6) is -3.41. The van der Waals surface area contributed by atoms with Crippen LogP contribution < -0.4 is 5.32 Å². The van der Waals surface area contributed by atoms with Gasteiger partial charge < -0.3 is 10.1 Å². The zero-order valence-electron chi connectivity index (χ0n) is 10.9. The van der Waals surface area contributed by atoms with Gasteiger partial charge in [0, 0.05) is 19.3 Å². The van der Waals surface area contributed by atoms with E-state index in [1.807, 2.05) is 0 Å². The van der Waals surface area contributed by atoms with Gasteiger partial charge in [0.2, 0.25) is 9.84 Å². The van der Waals surface area contributed by atoms with Crippen molar-refractivity contribution in [3.8, 4) is 0 Å². The fraction of sp³-hybridized carbons (Fsp3) is 0.538. The third-order valence-electron chi connectivity index (χ3n) is 3.24. The Hall–Kier alpha value is -1.21. The molecule has 1 aromatic rings. The Morgan fingerprint density at radius 3 is 2.70 bits per heavy atom. The summed E-state index contributed by atoms with van der Waals surface area (Å²) >= 11 is 0. The Labute approximate surface area is 117 Å². The van der Waals surface area contributed by atoms with E-state index in [2.05, 4.69) is 5.32 Å². The number of hydrogen-bond donors (Lipinski definition) is 1. The molecule has 1 atom stereocenters. The Morgan fingerprint density at radius 1 is 1.20 bits per heavy atom.